The van der Waals surface area contributed by atoms with E-state index in [1.54, 1.807) is 24.4 Å². The van der Waals surface area contributed by atoms with Gasteiger partial charge in [0.25, 0.3) is 0 Å². The molecule has 0 fully saturated rings. The lowest BCUT2D eigenvalue weighted by Gasteiger charge is -2.23. The highest BCUT2D eigenvalue weighted by molar-refractivity contribution is 6.30. The van der Waals surface area contributed by atoms with Crippen molar-refractivity contribution in [3.63, 3.8) is 0 Å². The van der Waals surface area contributed by atoms with Crippen LogP contribution < -0.4 is 16.4 Å². The standard InChI is InChI=1S/C28H27ClF2N4O2/c29-19-9-7-18(8-10-19)22-5-3-11-33-27(22)25(14-17-12-20(30)15-21(31)13-17)35-26(36)16-34-24-6-2-1-4-23(24)28(32)37/h3,5,7-13,15,25,34H,1-2,4,6,14,16H2,(H2,32,37)(H,35,36). The van der Waals surface area contributed by atoms with Crippen LogP contribution in [-0.2, 0) is 16.0 Å². The second kappa shape index (κ2) is 12.0. The molecule has 1 aliphatic carbocycles. The molecule has 1 unspecified atom stereocenters. The van der Waals surface area contributed by atoms with E-state index in [-0.39, 0.29) is 18.9 Å². The fraction of sp³-hybridized carbons (Fsp3) is 0.250. The first-order chi connectivity index (χ1) is 17.8. The number of carbonyl (C=O) groups excluding carboxylic acids is 2. The van der Waals surface area contributed by atoms with Gasteiger partial charge in [-0.05, 0) is 73.6 Å². The lowest BCUT2D eigenvalue weighted by Crippen LogP contribution is -2.38. The molecule has 0 aliphatic heterocycles. The molecule has 1 atom stereocenters. The summed E-state index contributed by atoms with van der Waals surface area (Å²) in [5.74, 6) is -2.26. The molecule has 0 saturated carbocycles. The molecule has 4 N–H and O–H groups in total. The normalized spacial score (nSPS) is 14.2. The maximum atomic E-state index is 13.9. The van der Waals surface area contributed by atoms with Crippen LogP contribution in [0.25, 0.3) is 11.1 Å². The van der Waals surface area contributed by atoms with Crippen LogP contribution in [-0.4, -0.2) is 23.3 Å². The van der Waals surface area contributed by atoms with Gasteiger partial charge in [-0.1, -0.05) is 29.8 Å². The molecule has 1 aliphatic rings. The number of pyridine rings is 1. The number of rotatable bonds is 9. The largest absolute Gasteiger partial charge is 0.379 e. The third kappa shape index (κ3) is 6.92. The Kier molecular flexibility index (Phi) is 8.50. The van der Waals surface area contributed by atoms with E-state index in [2.05, 4.69) is 15.6 Å². The van der Waals surface area contributed by atoms with Gasteiger partial charge in [-0.25, -0.2) is 8.78 Å². The van der Waals surface area contributed by atoms with Crippen molar-refractivity contribution in [2.75, 3.05) is 6.54 Å². The smallest absolute Gasteiger partial charge is 0.246 e. The van der Waals surface area contributed by atoms with E-state index in [4.69, 9.17) is 17.3 Å². The fourth-order valence-corrected chi connectivity index (χ4v) is 4.68. The van der Waals surface area contributed by atoms with Crippen LogP contribution in [0.5, 0.6) is 0 Å². The number of allylic oxidation sites excluding steroid dienone is 1. The van der Waals surface area contributed by atoms with Gasteiger partial charge in [0.1, 0.15) is 11.6 Å². The van der Waals surface area contributed by atoms with Gasteiger partial charge in [-0.2, -0.15) is 0 Å². The zero-order chi connectivity index (χ0) is 26.4. The van der Waals surface area contributed by atoms with Gasteiger partial charge >= 0.3 is 0 Å². The van der Waals surface area contributed by atoms with E-state index in [9.17, 15) is 18.4 Å². The number of nitrogens with two attached hydrogens (primary N) is 1. The fourth-order valence-electron chi connectivity index (χ4n) is 4.55. The van der Waals surface area contributed by atoms with Crippen molar-refractivity contribution in [2.24, 2.45) is 5.73 Å². The predicted octanol–water partition coefficient (Wildman–Crippen LogP) is 4.98. The first-order valence-corrected chi connectivity index (χ1v) is 12.4. The van der Waals surface area contributed by atoms with Gasteiger partial charge in [-0.3, -0.25) is 14.6 Å². The van der Waals surface area contributed by atoms with Crippen molar-refractivity contribution in [3.8, 4) is 11.1 Å². The molecule has 1 heterocycles. The molecule has 4 rings (SSSR count). The van der Waals surface area contributed by atoms with E-state index < -0.39 is 23.6 Å². The Labute approximate surface area is 218 Å². The Morgan fingerprint density at radius 2 is 1.73 bits per heavy atom. The molecule has 37 heavy (non-hydrogen) atoms. The van der Waals surface area contributed by atoms with Crippen molar-refractivity contribution in [1.29, 1.82) is 0 Å². The van der Waals surface area contributed by atoms with Gasteiger partial charge in [0.2, 0.25) is 11.8 Å². The van der Waals surface area contributed by atoms with Crippen LogP contribution in [0.15, 0.2) is 72.1 Å². The van der Waals surface area contributed by atoms with E-state index in [0.29, 0.717) is 40.4 Å². The molecule has 0 bridgehead atoms. The first kappa shape index (κ1) is 26.3. The molecule has 0 saturated heterocycles. The number of primary amides is 1. The first-order valence-electron chi connectivity index (χ1n) is 12.0. The van der Waals surface area contributed by atoms with Crippen LogP contribution in [0, 0.1) is 11.6 Å². The Morgan fingerprint density at radius 3 is 2.43 bits per heavy atom. The second-order valence-electron chi connectivity index (χ2n) is 8.93. The lowest BCUT2D eigenvalue weighted by atomic mass is 9.95. The van der Waals surface area contributed by atoms with Crippen molar-refractivity contribution < 1.29 is 18.4 Å². The topological polar surface area (TPSA) is 97.1 Å². The number of halogens is 3. The number of amides is 2. The molecule has 2 aromatic carbocycles. The molecule has 2 amide bonds. The molecule has 1 aromatic heterocycles. The number of nitrogens with one attached hydrogen (secondary N) is 2. The summed E-state index contributed by atoms with van der Waals surface area (Å²) >= 11 is 6.05. The van der Waals surface area contributed by atoms with Crippen molar-refractivity contribution in [2.45, 2.75) is 38.1 Å². The summed E-state index contributed by atoms with van der Waals surface area (Å²) in [6.45, 7) is -0.0940. The maximum Gasteiger partial charge on any atom is 0.246 e. The van der Waals surface area contributed by atoms with E-state index in [1.165, 1.54) is 12.1 Å². The third-order valence-corrected chi connectivity index (χ3v) is 6.50. The van der Waals surface area contributed by atoms with Gasteiger partial charge < -0.3 is 16.4 Å². The van der Waals surface area contributed by atoms with E-state index >= 15 is 0 Å². The average molecular weight is 525 g/mol. The van der Waals surface area contributed by atoms with Gasteiger partial charge in [0, 0.05) is 34.1 Å². The Bertz CT molecular complexity index is 1310. The Balaban J connectivity index is 1.62. The number of hydrogen-bond acceptors (Lipinski definition) is 4. The second-order valence-corrected chi connectivity index (χ2v) is 9.36. The van der Waals surface area contributed by atoms with Crippen molar-refractivity contribution >= 4 is 23.4 Å². The summed E-state index contributed by atoms with van der Waals surface area (Å²) in [7, 11) is 0. The van der Waals surface area contributed by atoms with Gasteiger partial charge in [-0.15, -0.1) is 0 Å². The molecule has 0 radical (unpaired) electrons. The highest BCUT2D eigenvalue weighted by Crippen LogP contribution is 2.30. The highest BCUT2D eigenvalue weighted by atomic mass is 35.5. The summed E-state index contributed by atoms with van der Waals surface area (Å²) in [6.07, 6.45) is 4.68. The number of hydrogen-bond donors (Lipinski definition) is 3. The summed E-state index contributed by atoms with van der Waals surface area (Å²) in [5.41, 5.74) is 9.18. The van der Waals surface area contributed by atoms with Crippen LogP contribution >= 0.6 is 11.6 Å². The minimum atomic E-state index is -0.705. The molecule has 6 nitrogen and oxygen atoms in total. The van der Waals surface area contributed by atoms with E-state index in [1.807, 2.05) is 18.2 Å². The summed E-state index contributed by atoms with van der Waals surface area (Å²) in [4.78, 5) is 29.4. The van der Waals surface area contributed by atoms with Gasteiger partial charge in [0.05, 0.1) is 18.3 Å². The highest BCUT2D eigenvalue weighted by Gasteiger charge is 2.23. The van der Waals surface area contributed by atoms with Crippen LogP contribution in [0.4, 0.5) is 8.78 Å². The zero-order valence-corrected chi connectivity index (χ0v) is 20.8. The zero-order valence-electron chi connectivity index (χ0n) is 20.1. The maximum absolute atomic E-state index is 13.9. The van der Waals surface area contributed by atoms with Crippen molar-refractivity contribution in [3.05, 3.63) is 100.0 Å². The number of aromatic nitrogens is 1. The molecular formula is C28H27ClF2N4O2. The molecule has 3 aromatic rings. The monoisotopic (exact) mass is 524 g/mol. The number of carbonyl (C=O) groups is 2. The SMILES string of the molecule is NC(=O)C1=C(NCC(=O)NC(Cc2cc(F)cc(F)c2)c2ncccc2-c2ccc(Cl)cc2)CCCC1. The summed E-state index contributed by atoms with van der Waals surface area (Å²) in [6, 6.07) is 13.4. The lowest BCUT2D eigenvalue weighted by molar-refractivity contribution is -0.121. The summed E-state index contributed by atoms with van der Waals surface area (Å²) in [5, 5.41) is 6.58. The van der Waals surface area contributed by atoms with Gasteiger partial charge in [0.15, 0.2) is 0 Å². The van der Waals surface area contributed by atoms with Crippen molar-refractivity contribution in [1.82, 2.24) is 15.6 Å². The minimum Gasteiger partial charge on any atom is -0.379 e. The Hall–Kier alpha value is -3.78. The average Bonchev–Trinajstić information content (AvgIpc) is 2.87. The molecular weight excluding hydrogens is 498 g/mol. The minimum absolute atomic E-state index is 0.0940. The Morgan fingerprint density at radius 1 is 1.03 bits per heavy atom. The van der Waals surface area contributed by atoms with Crippen LogP contribution in [0.1, 0.15) is 43.0 Å². The molecule has 9 heteroatoms. The summed E-state index contributed by atoms with van der Waals surface area (Å²) < 4.78 is 27.9. The van der Waals surface area contributed by atoms with E-state index in [0.717, 1.165) is 30.0 Å². The molecule has 192 valence electrons. The van der Waals surface area contributed by atoms with Crippen LogP contribution in [0.3, 0.4) is 0 Å². The predicted molar refractivity (Wildman–Crippen MR) is 138 cm³/mol. The number of nitrogens with zero attached hydrogens (tertiary/aromatic N) is 1. The quantitative estimate of drug-likeness (QED) is 0.367. The number of benzene rings is 2. The van der Waals surface area contributed by atoms with Crippen LogP contribution in [0.2, 0.25) is 5.02 Å². The molecule has 0 spiro atoms. The third-order valence-electron chi connectivity index (χ3n) is 6.25.